The molecule has 0 unspecified atom stereocenters. The minimum atomic E-state index is -0.609. The van der Waals surface area contributed by atoms with Crippen LogP contribution in [0, 0.1) is 23.0 Å². The number of nitrogens with zero attached hydrogens (tertiary/aromatic N) is 1. The molecule has 0 aliphatic heterocycles. The van der Waals surface area contributed by atoms with E-state index in [1.54, 1.807) is 0 Å². The first-order chi connectivity index (χ1) is 6.15. The Morgan fingerprint density at radius 1 is 1.31 bits per heavy atom. The fourth-order valence-electron chi connectivity index (χ4n) is 0.992. The number of hydrogen-bond acceptors (Lipinski definition) is 1. The van der Waals surface area contributed by atoms with Crippen LogP contribution in [0.15, 0.2) is 16.6 Å². The highest BCUT2D eigenvalue weighted by Crippen LogP contribution is 2.20. The molecule has 0 saturated heterocycles. The predicted octanol–water partition coefficient (Wildman–Crippen LogP) is 3.18. The van der Waals surface area contributed by atoms with Crippen molar-refractivity contribution >= 4 is 15.9 Å². The Bertz CT molecular complexity index is 334. The van der Waals surface area contributed by atoms with Crippen molar-refractivity contribution in [3.63, 3.8) is 0 Å². The molecule has 0 amide bonds. The van der Waals surface area contributed by atoms with Gasteiger partial charge in [0.05, 0.1) is 6.07 Å². The van der Waals surface area contributed by atoms with Gasteiger partial charge in [0.1, 0.15) is 11.6 Å². The molecule has 0 N–H and O–H groups in total. The van der Waals surface area contributed by atoms with Crippen molar-refractivity contribution in [1.82, 2.24) is 0 Å². The van der Waals surface area contributed by atoms with Crippen LogP contribution in [0.1, 0.15) is 12.0 Å². The summed E-state index contributed by atoms with van der Waals surface area (Å²) in [6, 6.07) is 4.22. The predicted molar refractivity (Wildman–Crippen MR) is 48.0 cm³/mol. The lowest BCUT2D eigenvalue weighted by atomic mass is 10.1. The zero-order chi connectivity index (χ0) is 9.84. The monoisotopic (exact) mass is 245 g/mol. The lowest BCUT2D eigenvalue weighted by Crippen LogP contribution is -1.95. The number of rotatable bonds is 2. The van der Waals surface area contributed by atoms with E-state index < -0.39 is 11.6 Å². The largest absolute Gasteiger partial charge is 0.207 e. The summed E-state index contributed by atoms with van der Waals surface area (Å²) in [5.41, 5.74) is -0.0234. The smallest absolute Gasteiger partial charge is 0.130 e. The van der Waals surface area contributed by atoms with Crippen LogP contribution >= 0.6 is 15.9 Å². The minimum absolute atomic E-state index is 0.0234. The third-order valence-electron chi connectivity index (χ3n) is 1.59. The third kappa shape index (κ3) is 2.49. The standard InChI is InChI=1S/C9H6BrF2N/c10-6-4-8(11)7(2-1-3-13)9(12)5-6/h4-5H,1-2H2. The van der Waals surface area contributed by atoms with Crippen molar-refractivity contribution in [3.8, 4) is 6.07 Å². The molecule has 0 aromatic heterocycles. The fourth-order valence-corrected chi connectivity index (χ4v) is 1.39. The van der Waals surface area contributed by atoms with Crippen LogP contribution in [0.3, 0.4) is 0 Å². The number of halogens is 3. The van der Waals surface area contributed by atoms with Crippen molar-refractivity contribution in [3.05, 3.63) is 33.8 Å². The number of benzene rings is 1. The quantitative estimate of drug-likeness (QED) is 0.786. The normalized spacial score (nSPS) is 9.69. The Kier molecular flexibility index (Phi) is 3.38. The van der Waals surface area contributed by atoms with Gasteiger partial charge >= 0.3 is 0 Å². The van der Waals surface area contributed by atoms with Gasteiger partial charge in [-0.1, -0.05) is 15.9 Å². The molecule has 0 spiro atoms. The second kappa shape index (κ2) is 4.33. The average molecular weight is 246 g/mol. The molecule has 1 aromatic rings. The molecule has 1 nitrogen and oxygen atoms in total. The van der Waals surface area contributed by atoms with Crippen LogP contribution < -0.4 is 0 Å². The lowest BCUT2D eigenvalue weighted by Gasteiger charge is -2.02. The van der Waals surface area contributed by atoms with E-state index in [0.29, 0.717) is 4.47 Å². The van der Waals surface area contributed by atoms with Gasteiger partial charge in [-0.3, -0.25) is 0 Å². The SMILES string of the molecule is N#CCCc1c(F)cc(Br)cc1F. The molecule has 0 heterocycles. The van der Waals surface area contributed by atoms with Crippen molar-refractivity contribution < 1.29 is 8.78 Å². The fraction of sp³-hybridized carbons (Fsp3) is 0.222. The maximum Gasteiger partial charge on any atom is 0.130 e. The summed E-state index contributed by atoms with van der Waals surface area (Å²) < 4.78 is 26.5. The molecule has 0 aliphatic rings. The van der Waals surface area contributed by atoms with E-state index in [-0.39, 0.29) is 18.4 Å². The molecule has 0 aliphatic carbocycles. The van der Waals surface area contributed by atoms with Crippen molar-refractivity contribution in [2.24, 2.45) is 0 Å². The maximum atomic E-state index is 13.1. The van der Waals surface area contributed by atoms with Gasteiger partial charge in [-0.2, -0.15) is 5.26 Å². The summed E-state index contributed by atoms with van der Waals surface area (Å²) in [5, 5.41) is 8.26. The van der Waals surface area contributed by atoms with E-state index in [2.05, 4.69) is 15.9 Å². The van der Waals surface area contributed by atoms with Gasteiger partial charge in [0.15, 0.2) is 0 Å². The molecule has 4 heteroatoms. The molecule has 13 heavy (non-hydrogen) atoms. The number of hydrogen-bond donors (Lipinski definition) is 0. The van der Waals surface area contributed by atoms with Crippen molar-refractivity contribution in [2.45, 2.75) is 12.8 Å². The molecule has 0 fully saturated rings. The number of nitriles is 1. The Morgan fingerprint density at radius 3 is 2.31 bits per heavy atom. The van der Waals surface area contributed by atoms with E-state index in [9.17, 15) is 8.78 Å². The van der Waals surface area contributed by atoms with Crippen LogP contribution in [0.25, 0.3) is 0 Å². The summed E-state index contributed by atoms with van der Waals surface area (Å²) in [4.78, 5) is 0. The van der Waals surface area contributed by atoms with Crippen LogP contribution in [0.4, 0.5) is 8.78 Å². The highest BCUT2D eigenvalue weighted by atomic mass is 79.9. The third-order valence-corrected chi connectivity index (χ3v) is 2.05. The molecule has 0 radical (unpaired) electrons. The van der Waals surface area contributed by atoms with Gasteiger partial charge in [-0.15, -0.1) is 0 Å². The average Bonchev–Trinajstić information content (AvgIpc) is 2.02. The van der Waals surface area contributed by atoms with Gasteiger partial charge in [0, 0.05) is 16.5 Å². The van der Waals surface area contributed by atoms with Crippen LogP contribution in [-0.4, -0.2) is 0 Å². The first-order valence-corrected chi connectivity index (χ1v) is 4.45. The molecule has 1 rings (SSSR count). The first-order valence-electron chi connectivity index (χ1n) is 3.65. The van der Waals surface area contributed by atoms with Crippen LogP contribution in [0.2, 0.25) is 0 Å². The Hall–Kier alpha value is -0.950. The van der Waals surface area contributed by atoms with E-state index in [4.69, 9.17) is 5.26 Å². The second-order valence-electron chi connectivity index (χ2n) is 2.51. The van der Waals surface area contributed by atoms with E-state index in [1.807, 2.05) is 6.07 Å². The Morgan fingerprint density at radius 2 is 1.85 bits per heavy atom. The zero-order valence-corrected chi connectivity index (χ0v) is 8.24. The summed E-state index contributed by atoms with van der Waals surface area (Å²) in [5.74, 6) is -1.22. The molecule has 68 valence electrons. The first kappa shape index (κ1) is 10.1. The molecule has 0 saturated carbocycles. The summed E-state index contributed by atoms with van der Waals surface area (Å²) in [7, 11) is 0. The molecule has 1 aromatic carbocycles. The topological polar surface area (TPSA) is 23.8 Å². The lowest BCUT2D eigenvalue weighted by molar-refractivity contribution is 0.554. The Labute approximate surface area is 83.1 Å². The van der Waals surface area contributed by atoms with Gasteiger partial charge < -0.3 is 0 Å². The maximum absolute atomic E-state index is 13.1. The van der Waals surface area contributed by atoms with Gasteiger partial charge in [0.2, 0.25) is 0 Å². The van der Waals surface area contributed by atoms with Crippen LogP contribution in [0.5, 0.6) is 0 Å². The van der Waals surface area contributed by atoms with Crippen molar-refractivity contribution in [2.75, 3.05) is 0 Å². The van der Waals surface area contributed by atoms with Gasteiger partial charge in [-0.25, -0.2) is 8.78 Å². The highest BCUT2D eigenvalue weighted by Gasteiger charge is 2.09. The summed E-state index contributed by atoms with van der Waals surface area (Å²) >= 11 is 2.97. The van der Waals surface area contributed by atoms with E-state index >= 15 is 0 Å². The second-order valence-corrected chi connectivity index (χ2v) is 3.42. The minimum Gasteiger partial charge on any atom is -0.207 e. The van der Waals surface area contributed by atoms with Gasteiger partial charge in [-0.05, 0) is 18.6 Å². The van der Waals surface area contributed by atoms with Crippen molar-refractivity contribution in [1.29, 1.82) is 5.26 Å². The summed E-state index contributed by atoms with van der Waals surface area (Å²) in [6.07, 6.45) is 0.233. The molecule has 0 atom stereocenters. The Balaban J connectivity index is 3.00. The van der Waals surface area contributed by atoms with E-state index in [1.165, 1.54) is 12.1 Å². The van der Waals surface area contributed by atoms with Crippen LogP contribution in [-0.2, 0) is 6.42 Å². The highest BCUT2D eigenvalue weighted by molar-refractivity contribution is 9.10. The molecule has 0 bridgehead atoms. The summed E-state index contributed by atoms with van der Waals surface area (Å²) in [6.45, 7) is 0. The van der Waals surface area contributed by atoms with E-state index in [0.717, 1.165) is 0 Å². The van der Waals surface area contributed by atoms with Gasteiger partial charge in [0.25, 0.3) is 0 Å². The molecular weight excluding hydrogens is 240 g/mol. The molecular formula is C9H6BrF2N. The zero-order valence-electron chi connectivity index (χ0n) is 6.65.